The van der Waals surface area contributed by atoms with Gasteiger partial charge in [-0.1, -0.05) is 12.1 Å². The highest BCUT2D eigenvalue weighted by molar-refractivity contribution is 6.06. The van der Waals surface area contributed by atoms with Crippen LogP contribution in [0.1, 0.15) is 26.5 Å². The van der Waals surface area contributed by atoms with E-state index in [0.717, 1.165) is 5.69 Å². The van der Waals surface area contributed by atoms with Crippen molar-refractivity contribution in [3.8, 4) is 0 Å². The molecule has 0 aliphatic rings. The second-order valence-electron chi connectivity index (χ2n) is 4.10. The minimum atomic E-state index is -1.09. The van der Waals surface area contributed by atoms with Crippen molar-refractivity contribution >= 4 is 17.6 Å². The van der Waals surface area contributed by atoms with Gasteiger partial charge in [-0.05, 0) is 25.1 Å². The van der Waals surface area contributed by atoms with E-state index in [4.69, 9.17) is 5.11 Å². The number of aryl methyl sites for hydroxylation is 2. The quantitative estimate of drug-likeness (QED) is 0.878. The number of benzene rings is 1. The Morgan fingerprint density at radius 1 is 1.32 bits per heavy atom. The number of hydrogen-bond donors (Lipinski definition) is 2. The summed E-state index contributed by atoms with van der Waals surface area (Å²) in [6, 6.07) is 7.87. The number of nitrogens with one attached hydrogen (secondary N) is 1. The van der Waals surface area contributed by atoms with Gasteiger partial charge in [0.15, 0.2) is 5.69 Å². The summed E-state index contributed by atoms with van der Waals surface area (Å²) in [4.78, 5) is 23.0. The number of carboxylic acid groups (broad SMARTS) is 1. The third-order valence-electron chi connectivity index (χ3n) is 2.75. The normalized spacial score (nSPS) is 10.2. The summed E-state index contributed by atoms with van der Waals surface area (Å²) in [7, 11) is 1.73. The lowest BCUT2D eigenvalue weighted by atomic mass is 10.2. The predicted molar refractivity (Wildman–Crippen MR) is 69.3 cm³/mol. The molecule has 2 N–H and O–H groups in total. The number of carbonyl (C=O) groups is 2. The van der Waals surface area contributed by atoms with Crippen LogP contribution in [0.25, 0.3) is 0 Å². The topological polar surface area (TPSA) is 84.2 Å². The summed E-state index contributed by atoms with van der Waals surface area (Å²) >= 11 is 0. The number of aromatic carboxylic acids is 1. The molecule has 0 atom stereocenters. The smallest absolute Gasteiger partial charge is 0.337 e. The molecule has 2 aromatic rings. The van der Waals surface area contributed by atoms with Gasteiger partial charge in [0.1, 0.15) is 0 Å². The Morgan fingerprint density at radius 2 is 2.00 bits per heavy atom. The van der Waals surface area contributed by atoms with Gasteiger partial charge in [0.2, 0.25) is 0 Å². The molecule has 98 valence electrons. The minimum Gasteiger partial charge on any atom is -0.478 e. The van der Waals surface area contributed by atoms with Gasteiger partial charge in [-0.15, -0.1) is 0 Å². The Bertz CT molecular complexity index is 627. The molecule has 0 spiro atoms. The number of amides is 1. The summed E-state index contributed by atoms with van der Waals surface area (Å²) in [5, 5.41) is 15.6. The zero-order chi connectivity index (χ0) is 14.0. The highest BCUT2D eigenvalue weighted by Crippen LogP contribution is 2.16. The third-order valence-corrected chi connectivity index (χ3v) is 2.75. The highest BCUT2D eigenvalue weighted by atomic mass is 16.4. The fourth-order valence-corrected chi connectivity index (χ4v) is 1.64. The molecule has 0 aliphatic heterocycles. The van der Waals surface area contributed by atoms with Crippen molar-refractivity contribution < 1.29 is 14.7 Å². The largest absolute Gasteiger partial charge is 0.478 e. The van der Waals surface area contributed by atoms with Gasteiger partial charge in [-0.3, -0.25) is 9.48 Å². The van der Waals surface area contributed by atoms with Crippen LogP contribution in [0.2, 0.25) is 0 Å². The van der Waals surface area contributed by atoms with Gasteiger partial charge in [0.05, 0.1) is 11.3 Å². The number of aromatic nitrogens is 2. The number of hydrogen-bond acceptors (Lipinski definition) is 3. The molecule has 6 heteroatoms. The van der Waals surface area contributed by atoms with E-state index in [1.807, 2.05) is 6.92 Å². The SMILES string of the molecule is Cc1cc(C(=O)Nc2ccccc2C(=O)O)nn1C. The summed E-state index contributed by atoms with van der Waals surface area (Å²) in [5.41, 5.74) is 1.39. The first-order valence-electron chi connectivity index (χ1n) is 5.63. The fraction of sp³-hybridized carbons (Fsp3) is 0.154. The molecule has 0 fully saturated rings. The maximum atomic E-state index is 12.0. The van der Waals surface area contributed by atoms with E-state index in [0.29, 0.717) is 0 Å². The van der Waals surface area contributed by atoms with Crippen molar-refractivity contribution in [3.63, 3.8) is 0 Å². The van der Waals surface area contributed by atoms with Crippen LogP contribution in [0.4, 0.5) is 5.69 Å². The Morgan fingerprint density at radius 3 is 2.58 bits per heavy atom. The molecule has 1 heterocycles. The highest BCUT2D eigenvalue weighted by Gasteiger charge is 2.15. The molecule has 0 unspecified atom stereocenters. The molecule has 19 heavy (non-hydrogen) atoms. The van der Waals surface area contributed by atoms with Crippen LogP contribution in [-0.4, -0.2) is 26.8 Å². The third kappa shape index (κ3) is 2.62. The van der Waals surface area contributed by atoms with Crippen molar-refractivity contribution in [2.24, 2.45) is 7.05 Å². The molecule has 1 aromatic carbocycles. The molecule has 6 nitrogen and oxygen atoms in total. The lowest BCUT2D eigenvalue weighted by Crippen LogP contribution is -2.15. The van der Waals surface area contributed by atoms with Crippen LogP contribution in [0.3, 0.4) is 0 Å². The second-order valence-corrected chi connectivity index (χ2v) is 4.10. The van der Waals surface area contributed by atoms with Crippen LogP contribution in [-0.2, 0) is 7.05 Å². The molecule has 0 aliphatic carbocycles. The van der Waals surface area contributed by atoms with Gasteiger partial charge in [-0.25, -0.2) is 4.79 Å². The number of rotatable bonds is 3. The lowest BCUT2D eigenvalue weighted by molar-refractivity contribution is 0.0698. The molecule has 2 rings (SSSR count). The van der Waals surface area contributed by atoms with E-state index in [-0.39, 0.29) is 16.9 Å². The molecule has 0 saturated heterocycles. The van der Waals surface area contributed by atoms with Gasteiger partial charge in [-0.2, -0.15) is 5.10 Å². The van der Waals surface area contributed by atoms with Crippen molar-refractivity contribution in [1.82, 2.24) is 9.78 Å². The summed E-state index contributed by atoms with van der Waals surface area (Å²) in [6.07, 6.45) is 0. The van der Waals surface area contributed by atoms with Crippen molar-refractivity contribution in [1.29, 1.82) is 0 Å². The van der Waals surface area contributed by atoms with Crippen LogP contribution in [0.15, 0.2) is 30.3 Å². The van der Waals surface area contributed by atoms with Gasteiger partial charge in [0.25, 0.3) is 5.91 Å². The Hall–Kier alpha value is -2.63. The molecule has 0 bridgehead atoms. The summed E-state index contributed by atoms with van der Waals surface area (Å²) in [5.74, 6) is -1.52. The molecular weight excluding hydrogens is 246 g/mol. The number of carboxylic acids is 1. The van der Waals surface area contributed by atoms with E-state index in [9.17, 15) is 9.59 Å². The predicted octanol–water partition coefficient (Wildman–Crippen LogP) is 1.68. The average molecular weight is 259 g/mol. The van der Waals surface area contributed by atoms with E-state index in [1.54, 1.807) is 29.9 Å². The number of nitrogens with zero attached hydrogens (tertiary/aromatic N) is 2. The van der Waals surface area contributed by atoms with Crippen molar-refractivity contribution in [2.45, 2.75) is 6.92 Å². The molecular formula is C13H13N3O3. The van der Waals surface area contributed by atoms with E-state index < -0.39 is 11.9 Å². The first-order valence-corrected chi connectivity index (χ1v) is 5.63. The van der Waals surface area contributed by atoms with E-state index >= 15 is 0 Å². The summed E-state index contributed by atoms with van der Waals surface area (Å²) in [6.45, 7) is 1.83. The number of carbonyl (C=O) groups excluding carboxylic acids is 1. The number of anilines is 1. The van der Waals surface area contributed by atoms with Gasteiger partial charge >= 0.3 is 5.97 Å². The number of para-hydroxylation sites is 1. The van der Waals surface area contributed by atoms with Crippen LogP contribution in [0.5, 0.6) is 0 Å². The zero-order valence-corrected chi connectivity index (χ0v) is 10.5. The van der Waals surface area contributed by atoms with E-state index in [1.165, 1.54) is 12.1 Å². The molecule has 0 radical (unpaired) electrons. The lowest BCUT2D eigenvalue weighted by Gasteiger charge is -2.06. The van der Waals surface area contributed by atoms with Gasteiger partial charge < -0.3 is 10.4 Å². The van der Waals surface area contributed by atoms with E-state index in [2.05, 4.69) is 10.4 Å². The van der Waals surface area contributed by atoms with Gasteiger partial charge in [0, 0.05) is 12.7 Å². The Kier molecular flexibility index (Phi) is 3.33. The van der Waals surface area contributed by atoms with Crippen molar-refractivity contribution in [2.75, 3.05) is 5.32 Å². The second kappa shape index (κ2) is 4.93. The maximum absolute atomic E-state index is 12.0. The van der Waals surface area contributed by atoms with Crippen LogP contribution >= 0.6 is 0 Å². The fourth-order valence-electron chi connectivity index (χ4n) is 1.64. The minimum absolute atomic E-state index is 0.0449. The average Bonchev–Trinajstić information content (AvgIpc) is 2.70. The van der Waals surface area contributed by atoms with Crippen LogP contribution < -0.4 is 5.32 Å². The molecule has 1 aromatic heterocycles. The summed E-state index contributed by atoms with van der Waals surface area (Å²) < 4.78 is 1.58. The first kappa shape index (κ1) is 12.8. The maximum Gasteiger partial charge on any atom is 0.337 e. The zero-order valence-electron chi connectivity index (χ0n) is 10.5. The monoisotopic (exact) mass is 259 g/mol. The molecule has 1 amide bonds. The standard InChI is InChI=1S/C13H13N3O3/c1-8-7-11(15-16(8)2)12(17)14-10-6-4-3-5-9(10)13(18)19/h3-7H,1-2H3,(H,14,17)(H,18,19). The van der Waals surface area contributed by atoms with Crippen LogP contribution in [0, 0.1) is 6.92 Å². The first-order chi connectivity index (χ1) is 8.99. The Balaban J connectivity index is 2.26. The Labute approximate surface area is 109 Å². The molecule has 0 saturated carbocycles. The van der Waals surface area contributed by atoms with Crippen molar-refractivity contribution in [3.05, 3.63) is 47.3 Å².